The van der Waals surface area contributed by atoms with E-state index in [4.69, 9.17) is 21.6 Å². The zero-order valence-corrected chi connectivity index (χ0v) is 15.7. The minimum Gasteiger partial charge on any atom is -0.489 e. The zero-order valence-electron chi connectivity index (χ0n) is 15.0. The lowest BCUT2D eigenvalue weighted by Gasteiger charge is -2.10. The Morgan fingerprint density at radius 2 is 1.71 bits per heavy atom. The highest BCUT2D eigenvalue weighted by Crippen LogP contribution is 2.18. The number of carbonyl (C=O) groups is 1. The largest absolute Gasteiger partial charge is 0.489 e. The molecule has 1 amide bonds. The van der Waals surface area contributed by atoms with E-state index in [0.29, 0.717) is 22.9 Å². The summed E-state index contributed by atoms with van der Waals surface area (Å²) in [5.74, 6) is 0.499. The summed E-state index contributed by atoms with van der Waals surface area (Å²) in [7, 11) is 0. The summed E-state index contributed by atoms with van der Waals surface area (Å²) >= 11 is 5.87. The molecule has 0 fully saturated rings. The van der Waals surface area contributed by atoms with Crippen LogP contribution in [0, 0.1) is 11.3 Å². The van der Waals surface area contributed by atoms with Crippen LogP contribution in [-0.4, -0.2) is 12.5 Å². The van der Waals surface area contributed by atoms with Gasteiger partial charge in [0.1, 0.15) is 18.4 Å². The number of nitrogens with zero attached hydrogens (tertiary/aromatic N) is 1. The lowest BCUT2D eigenvalue weighted by molar-refractivity contribution is -0.114. The molecular weight excluding hydrogens is 374 g/mol. The van der Waals surface area contributed by atoms with Crippen molar-refractivity contribution in [1.29, 1.82) is 5.26 Å². The molecule has 0 heterocycles. The second kappa shape index (κ2) is 9.45. The van der Waals surface area contributed by atoms with E-state index in [1.54, 1.807) is 24.3 Å². The average molecular weight is 392 g/mol. The van der Waals surface area contributed by atoms with Crippen molar-refractivity contribution in [3.63, 3.8) is 0 Å². The van der Waals surface area contributed by atoms with Gasteiger partial charge in [0.05, 0.1) is 17.8 Å². The quantitative estimate of drug-likeness (QED) is 0.604. The topological polar surface area (TPSA) is 74.2 Å². The summed E-state index contributed by atoms with van der Waals surface area (Å²) in [5.41, 5.74) is 2.75. The smallest absolute Gasteiger partial charge is 0.243 e. The number of para-hydroxylation sites is 1. The van der Waals surface area contributed by atoms with E-state index in [9.17, 15) is 4.79 Å². The van der Waals surface area contributed by atoms with Gasteiger partial charge in [-0.2, -0.15) is 5.26 Å². The number of nitrogens with one attached hydrogen (secondary N) is 2. The highest BCUT2D eigenvalue weighted by atomic mass is 35.5. The highest BCUT2D eigenvalue weighted by Gasteiger charge is 2.06. The summed E-state index contributed by atoms with van der Waals surface area (Å²) < 4.78 is 5.74. The maximum atomic E-state index is 12.1. The third kappa shape index (κ3) is 5.50. The Morgan fingerprint density at radius 1 is 1.00 bits per heavy atom. The molecule has 2 N–H and O–H groups in total. The number of ether oxygens (including phenoxy) is 1. The first-order valence-electron chi connectivity index (χ1n) is 8.64. The lowest BCUT2D eigenvalue weighted by atomic mass is 10.2. The average Bonchev–Trinajstić information content (AvgIpc) is 2.73. The zero-order chi connectivity index (χ0) is 19.8. The Morgan fingerprint density at radius 3 is 2.43 bits per heavy atom. The molecule has 28 heavy (non-hydrogen) atoms. The van der Waals surface area contributed by atoms with Crippen LogP contribution in [-0.2, 0) is 11.4 Å². The first-order chi connectivity index (χ1) is 13.6. The predicted molar refractivity (Wildman–Crippen MR) is 111 cm³/mol. The molecular formula is C22H18ClN3O2. The van der Waals surface area contributed by atoms with Crippen LogP contribution in [0.5, 0.6) is 5.75 Å². The highest BCUT2D eigenvalue weighted by molar-refractivity contribution is 6.30. The van der Waals surface area contributed by atoms with Gasteiger partial charge in [0, 0.05) is 10.7 Å². The third-order valence-corrected chi connectivity index (χ3v) is 4.20. The Hall–Kier alpha value is -3.49. The maximum absolute atomic E-state index is 12.1. The van der Waals surface area contributed by atoms with Gasteiger partial charge in [0.25, 0.3) is 0 Å². The predicted octanol–water partition coefficient (Wildman–Crippen LogP) is 4.84. The van der Waals surface area contributed by atoms with Crippen LogP contribution >= 0.6 is 11.6 Å². The molecule has 3 aromatic rings. The first-order valence-corrected chi connectivity index (χ1v) is 9.02. The Bertz CT molecular complexity index is 980. The first kappa shape index (κ1) is 19.3. The second-order valence-electron chi connectivity index (χ2n) is 6.00. The summed E-state index contributed by atoms with van der Waals surface area (Å²) in [6.45, 7) is 0.537. The van der Waals surface area contributed by atoms with E-state index in [-0.39, 0.29) is 12.5 Å². The molecule has 0 spiro atoms. The van der Waals surface area contributed by atoms with Crippen molar-refractivity contribution in [3.05, 3.63) is 88.9 Å². The van der Waals surface area contributed by atoms with Crippen LogP contribution in [0.15, 0.2) is 72.8 Å². The van der Waals surface area contributed by atoms with Crippen LogP contribution in [0.3, 0.4) is 0 Å². The fraction of sp³-hybridized carbons (Fsp3) is 0.0909. The number of hydrogen-bond acceptors (Lipinski definition) is 4. The van der Waals surface area contributed by atoms with Crippen LogP contribution in [0.4, 0.5) is 11.4 Å². The van der Waals surface area contributed by atoms with E-state index < -0.39 is 0 Å². The summed E-state index contributed by atoms with van der Waals surface area (Å²) in [6, 6.07) is 23.8. The number of benzene rings is 3. The number of rotatable bonds is 7. The van der Waals surface area contributed by atoms with Crippen molar-refractivity contribution in [1.82, 2.24) is 0 Å². The molecule has 6 heteroatoms. The van der Waals surface area contributed by atoms with Crippen molar-refractivity contribution in [3.8, 4) is 11.8 Å². The molecule has 0 atom stereocenters. The van der Waals surface area contributed by atoms with Crippen LogP contribution < -0.4 is 15.4 Å². The van der Waals surface area contributed by atoms with Gasteiger partial charge in [-0.25, -0.2) is 0 Å². The molecule has 0 aromatic heterocycles. The number of halogens is 1. The molecule has 0 radical (unpaired) electrons. The van der Waals surface area contributed by atoms with Gasteiger partial charge in [0.15, 0.2) is 0 Å². The normalized spacial score (nSPS) is 10.0. The molecule has 0 saturated carbocycles. The number of hydrogen-bond donors (Lipinski definition) is 2. The van der Waals surface area contributed by atoms with Gasteiger partial charge in [-0.1, -0.05) is 35.9 Å². The van der Waals surface area contributed by atoms with Gasteiger partial charge in [-0.3, -0.25) is 4.79 Å². The molecule has 5 nitrogen and oxygen atoms in total. The summed E-state index contributed by atoms with van der Waals surface area (Å²) in [6.07, 6.45) is 0. The van der Waals surface area contributed by atoms with Gasteiger partial charge in [-0.15, -0.1) is 0 Å². The van der Waals surface area contributed by atoms with E-state index in [1.165, 1.54) is 0 Å². The number of nitriles is 1. The Labute approximate surface area is 168 Å². The van der Waals surface area contributed by atoms with Gasteiger partial charge < -0.3 is 15.4 Å². The van der Waals surface area contributed by atoms with Gasteiger partial charge in [-0.05, 0) is 54.1 Å². The number of amides is 1. The molecule has 0 saturated heterocycles. The molecule has 0 aliphatic rings. The van der Waals surface area contributed by atoms with Crippen molar-refractivity contribution >= 4 is 28.9 Å². The lowest BCUT2D eigenvalue weighted by Crippen LogP contribution is -2.22. The van der Waals surface area contributed by atoms with Crippen LogP contribution in [0.1, 0.15) is 11.1 Å². The summed E-state index contributed by atoms with van der Waals surface area (Å²) in [4.78, 5) is 12.1. The number of anilines is 2. The van der Waals surface area contributed by atoms with Crippen LogP contribution in [0.25, 0.3) is 0 Å². The van der Waals surface area contributed by atoms with Crippen molar-refractivity contribution in [2.24, 2.45) is 0 Å². The minimum atomic E-state index is -0.231. The monoisotopic (exact) mass is 391 g/mol. The Balaban J connectivity index is 1.48. The molecule has 0 bridgehead atoms. The third-order valence-electron chi connectivity index (χ3n) is 3.95. The molecule has 0 unspecified atom stereocenters. The van der Waals surface area contributed by atoms with Crippen molar-refractivity contribution < 1.29 is 9.53 Å². The fourth-order valence-corrected chi connectivity index (χ4v) is 2.61. The van der Waals surface area contributed by atoms with Crippen molar-refractivity contribution in [2.75, 3.05) is 17.2 Å². The van der Waals surface area contributed by atoms with Gasteiger partial charge in [0.2, 0.25) is 5.91 Å². The molecule has 3 rings (SSSR count). The van der Waals surface area contributed by atoms with E-state index in [2.05, 4.69) is 16.7 Å². The fourth-order valence-electron chi connectivity index (χ4n) is 2.48. The molecule has 0 aliphatic carbocycles. The second-order valence-corrected chi connectivity index (χ2v) is 6.44. The Kier molecular flexibility index (Phi) is 6.50. The molecule has 0 aliphatic heterocycles. The standard InChI is InChI=1S/C22H18ClN3O2/c23-18-7-5-16(6-8-18)15-28-20-11-9-19(10-12-20)25-14-22(27)26-21-4-2-1-3-17(21)13-24/h1-12,25H,14-15H2,(H,26,27). The minimum absolute atomic E-state index is 0.0880. The van der Waals surface area contributed by atoms with E-state index in [1.807, 2.05) is 48.5 Å². The van der Waals surface area contributed by atoms with Gasteiger partial charge >= 0.3 is 0 Å². The van der Waals surface area contributed by atoms with E-state index >= 15 is 0 Å². The SMILES string of the molecule is N#Cc1ccccc1NC(=O)CNc1ccc(OCc2ccc(Cl)cc2)cc1. The maximum Gasteiger partial charge on any atom is 0.243 e. The van der Waals surface area contributed by atoms with E-state index in [0.717, 1.165) is 17.0 Å². The molecule has 3 aromatic carbocycles. The van der Waals surface area contributed by atoms with Crippen molar-refractivity contribution in [2.45, 2.75) is 6.61 Å². The summed E-state index contributed by atoms with van der Waals surface area (Å²) in [5, 5.41) is 15.5. The van der Waals surface area contributed by atoms with Crippen LogP contribution in [0.2, 0.25) is 5.02 Å². The molecule has 140 valence electrons. The number of carbonyl (C=O) groups excluding carboxylic acids is 1.